The molecule has 12 heteroatoms. The van der Waals surface area contributed by atoms with E-state index in [9.17, 15) is 28.8 Å². The fourth-order valence-electron chi connectivity index (χ4n) is 4.85. The van der Waals surface area contributed by atoms with E-state index < -0.39 is 35.5 Å². The molecule has 0 aliphatic heterocycles. The quantitative estimate of drug-likeness (QED) is 0.145. The van der Waals surface area contributed by atoms with Crippen LogP contribution in [-0.4, -0.2) is 73.5 Å². The Morgan fingerprint density at radius 3 is 1.27 bits per heavy atom. The van der Waals surface area contributed by atoms with Gasteiger partial charge in [0, 0.05) is 59.6 Å². The molecule has 44 heavy (non-hydrogen) atoms. The van der Waals surface area contributed by atoms with Gasteiger partial charge in [0.2, 0.25) is 11.8 Å². The molecular weight excluding hydrogens is 564 g/mol. The van der Waals surface area contributed by atoms with Crippen molar-refractivity contribution in [1.82, 2.24) is 21.3 Å². The molecular formula is C32H42N6O6. The summed E-state index contributed by atoms with van der Waals surface area (Å²) in [5, 5.41) is 10.7. The number of rotatable bonds is 14. The number of carbonyl (C=O) groups excluding carboxylic acids is 6. The molecule has 8 N–H and O–H groups in total. The molecule has 12 nitrogen and oxygen atoms in total. The first-order valence-electron chi connectivity index (χ1n) is 14.8. The van der Waals surface area contributed by atoms with Gasteiger partial charge in [-0.25, -0.2) is 0 Å². The highest BCUT2D eigenvalue weighted by atomic mass is 16.2. The summed E-state index contributed by atoms with van der Waals surface area (Å²) in [7, 11) is 0. The first kappa shape index (κ1) is 34.1. The Morgan fingerprint density at radius 2 is 0.909 bits per heavy atom. The van der Waals surface area contributed by atoms with E-state index in [2.05, 4.69) is 21.3 Å². The minimum absolute atomic E-state index is 0.0566. The smallest absolute Gasteiger partial charge is 0.251 e. The molecule has 0 fully saturated rings. The highest BCUT2D eigenvalue weighted by molar-refractivity contribution is 6.29. The van der Waals surface area contributed by atoms with Crippen molar-refractivity contribution in [3.05, 3.63) is 69.8 Å². The molecule has 3 rings (SSSR count). The number of nitrogens with one attached hydrogen (secondary N) is 4. The fraction of sp³-hybridized carbons (Fsp3) is 0.438. The van der Waals surface area contributed by atoms with Crippen molar-refractivity contribution >= 4 is 35.2 Å². The Morgan fingerprint density at radius 1 is 0.568 bits per heavy atom. The van der Waals surface area contributed by atoms with Gasteiger partial charge in [0.15, 0.2) is 11.6 Å². The van der Waals surface area contributed by atoms with Crippen molar-refractivity contribution in [3.8, 4) is 0 Å². The van der Waals surface area contributed by atoms with Gasteiger partial charge in [-0.05, 0) is 61.1 Å². The van der Waals surface area contributed by atoms with Crippen LogP contribution in [0.3, 0.4) is 0 Å². The van der Waals surface area contributed by atoms with Crippen LogP contribution in [0.2, 0.25) is 0 Å². The number of fused-ring (bicyclic) bond motifs is 2. The van der Waals surface area contributed by atoms with Crippen LogP contribution in [0.15, 0.2) is 36.4 Å². The minimum Gasteiger partial charge on any atom is -0.353 e. The Kier molecular flexibility index (Phi) is 11.9. The third-order valence-corrected chi connectivity index (χ3v) is 7.09. The predicted molar refractivity (Wildman–Crippen MR) is 165 cm³/mol. The molecule has 1 aliphatic carbocycles. The van der Waals surface area contributed by atoms with Crippen molar-refractivity contribution < 1.29 is 28.8 Å². The Balaban J connectivity index is 1.60. The lowest BCUT2D eigenvalue weighted by Crippen LogP contribution is -2.44. The molecule has 4 amide bonds. The van der Waals surface area contributed by atoms with E-state index in [1.807, 2.05) is 27.7 Å². The monoisotopic (exact) mass is 606 g/mol. The summed E-state index contributed by atoms with van der Waals surface area (Å²) in [6.45, 7) is 8.50. The molecule has 0 radical (unpaired) electrons. The molecule has 2 aromatic carbocycles. The van der Waals surface area contributed by atoms with Crippen LogP contribution in [0.4, 0.5) is 0 Å². The highest BCUT2D eigenvalue weighted by Crippen LogP contribution is 2.29. The molecule has 0 aromatic heterocycles. The SMILES string of the molecule is CC(C)C[C@H](N)C(=O)NCCNC(=O)c1ccc2c(c1)C(=O)c1cc(C(=O)NCCNC(=O)[C@@H](N)CC(C)C)ccc1C2=O. The van der Waals surface area contributed by atoms with E-state index in [1.54, 1.807) is 0 Å². The van der Waals surface area contributed by atoms with Crippen LogP contribution in [0.25, 0.3) is 0 Å². The second-order valence-electron chi connectivity index (χ2n) is 11.7. The summed E-state index contributed by atoms with van der Waals surface area (Å²) in [5.41, 5.74) is 12.5. The molecule has 0 spiro atoms. The Bertz CT molecular complexity index is 1330. The molecule has 0 unspecified atom stereocenters. The molecule has 0 heterocycles. The van der Waals surface area contributed by atoms with Crippen LogP contribution in [0.5, 0.6) is 0 Å². The first-order chi connectivity index (χ1) is 20.8. The molecule has 0 saturated heterocycles. The molecule has 0 bridgehead atoms. The lowest BCUT2D eigenvalue weighted by Gasteiger charge is -2.19. The number of amides is 4. The number of benzene rings is 2. The zero-order valence-corrected chi connectivity index (χ0v) is 25.6. The van der Waals surface area contributed by atoms with Gasteiger partial charge in [-0.1, -0.05) is 27.7 Å². The predicted octanol–water partition coefficient (Wildman–Crippen LogP) is 0.901. The van der Waals surface area contributed by atoms with E-state index in [1.165, 1.54) is 36.4 Å². The minimum atomic E-state index is -0.629. The summed E-state index contributed by atoms with van der Waals surface area (Å²) >= 11 is 0. The Hall–Kier alpha value is -4.42. The van der Waals surface area contributed by atoms with E-state index in [-0.39, 0.29) is 83.2 Å². The van der Waals surface area contributed by atoms with Crippen molar-refractivity contribution in [2.24, 2.45) is 23.3 Å². The summed E-state index contributed by atoms with van der Waals surface area (Å²) in [4.78, 5) is 76.2. The number of ketones is 2. The second-order valence-corrected chi connectivity index (χ2v) is 11.7. The van der Waals surface area contributed by atoms with Crippen molar-refractivity contribution in [2.75, 3.05) is 26.2 Å². The molecule has 0 saturated carbocycles. The van der Waals surface area contributed by atoms with Gasteiger partial charge in [0.1, 0.15) is 0 Å². The third-order valence-electron chi connectivity index (χ3n) is 7.09. The number of nitrogens with two attached hydrogens (primary N) is 2. The van der Waals surface area contributed by atoms with E-state index in [0.717, 1.165) is 0 Å². The summed E-state index contributed by atoms with van der Waals surface area (Å²) in [5.74, 6) is -1.90. The van der Waals surface area contributed by atoms with Gasteiger partial charge in [-0.2, -0.15) is 0 Å². The van der Waals surface area contributed by atoms with Crippen molar-refractivity contribution in [1.29, 1.82) is 0 Å². The average molecular weight is 607 g/mol. The van der Waals surface area contributed by atoms with E-state index in [4.69, 9.17) is 11.5 Å². The summed E-state index contributed by atoms with van der Waals surface area (Å²) in [6, 6.07) is 7.22. The first-order valence-corrected chi connectivity index (χ1v) is 14.8. The van der Waals surface area contributed by atoms with Gasteiger partial charge in [0.05, 0.1) is 12.1 Å². The maximum absolute atomic E-state index is 13.4. The maximum Gasteiger partial charge on any atom is 0.251 e. The standard InChI is InChI=1S/C32H42N6O6/c1-17(2)13-25(33)31(43)37-11-9-35-29(41)19-5-7-21-23(15-19)28(40)24-16-20(6-8-22(24)27(21)39)30(42)36-10-12-38-32(44)26(34)14-18(3)4/h5-8,15-18,25-26H,9-14,33-34H2,1-4H3,(H,35,41)(H,36,42)(H,37,43)(H,38,44)/t25-,26-/m0/s1. The second kappa shape index (κ2) is 15.3. The number of carbonyl (C=O) groups is 6. The molecule has 2 aromatic rings. The van der Waals surface area contributed by atoms with Crippen LogP contribution in [0.1, 0.15) is 93.1 Å². The summed E-state index contributed by atoms with van der Waals surface area (Å²) < 4.78 is 0. The largest absolute Gasteiger partial charge is 0.353 e. The van der Waals surface area contributed by atoms with Crippen LogP contribution in [0, 0.1) is 11.8 Å². The van der Waals surface area contributed by atoms with E-state index in [0.29, 0.717) is 12.8 Å². The molecule has 236 valence electrons. The van der Waals surface area contributed by atoms with Gasteiger partial charge < -0.3 is 32.7 Å². The normalized spacial score (nSPS) is 13.5. The average Bonchev–Trinajstić information content (AvgIpc) is 2.98. The topological polar surface area (TPSA) is 203 Å². The molecule has 2 atom stereocenters. The van der Waals surface area contributed by atoms with Gasteiger partial charge in [0.25, 0.3) is 11.8 Å². The lowest BCUT2D eigenvalue weighted by atomic mass is 9.82. The highest BCUT2D eigenvalue weighted by Gasteiger charge is 2.31. The number of hydrogen-bond donors (Lipinski definition) is 6. The Labute approximate surface area is 257 Å². The zero-order chi connectivity index (χ0) is 32.6. The fourth-order valence-corrected chi connectivity index (χ4v) is 4.85. The lowest BCUT2D eigenvalue weighted by molar-refractivity contribution is -0.123. The van der Waals surface area contributed by atoms with E-state index >= 15 is 0 Å². The zero-order valence-electron chi connectivity index (χ0n) is 25.6. The molecule has 1 aliphatic rings. The summed E-state index contributed by atoms with van der Waals surface area (Å²) in [6.07, 6.45) is 1.09. The van der Waals surface area contributed by atoms with Gasteiger partial charge in [-0.15, -0.1) is 0 Å². The maximum atomic E-state index is 13.4. The van der Waals surface area contributed by atoms with Crippen LogP contribution in [-0.2, 0) is 9.59 Å². The van der Waals surface area contributed by atoms with Gasteiger partial charge in [-0.3, -0.25) is 28.8 Å². The van der Waals surface area contributed by atoms with Crippen molar-refractivity contribution in [3.63, 3.8) is 0 Å². The van der Waals surface area contributed by atoms with Crippen LogP contribution < -0.4 is 32.7 Å². The third kappa shape index (κ3) is 8.80. The van der Waals surface area contributed by atoms with Crippen molar-refractivity contribution in [2.45, 2.75) is 52.6 Å². The number of hydrogen-bond acceptors (Lipinski definition) is 8. The van der Waals surface area contributed by atoms with Gasteiger partial charge >= 0.3 is 0 Å². The van der Waals surface area contributed by atoms with Crippen LogP contribution >= 0.6 is 0 Å².